The fourth-order valence-electron chi connectivity index (χ4n) is 2.62. The van der Waals surface area contributed by atoms with Gasteiger partial charge in [0.25, 0.3) is 0 Å². The summed E-state index contributed by atoms with van der Waals surface area (Å²) < 4.78 is 18.9. The highest BCUT2D eigenvalue weighted by Gasteiger charge is 2.29. The second-order valence-electron chi connectivity index (χ2n) is 5.39. The lowest BCUT2D eigenvalue weighted by molar-refractivity contribution is -0.128. The van der Waals surface area contributed by atoms with Gasteiger partial charge in [0.2, 0.25) is 5.91 Å². The van der Waals surface area contributed by atoms with Crippen molar-refractivity contribution in [2.45, 2.75) is 18.9 Å². The van der Waals surface area contributed by atoms with E-state index in [1.807, 2.05) is 4.90 Å². The Labute approximate surface area is 130 Å². The summed E-state index contributed by atoms with van der Waals surface area (Å²) in [6.07, 6.45) is 1.73. The van der Waals surface area contributed by atoms with Gasteiger partial charge in [-0.1, -0.05) is 12.1 Å². The Hall–Kier alpha value is -1.50. The molecule has 122 valence electrons. The highest BCUT2D eigenvalue weighted by Crippen LogP contribution is 2.23. The van der Waals surface area contributed by atoms with Gasteiger partial charge in [0.05, 0.1) is 13.2 Å². The van der Waals surface area contributed by atoms with Crippen LogP contribution in [0.1, 0.15) is 24.4 Å². The van der Waals surface area contributed by atoms with Crippen molar-refractivity contribution in [2.24, 2.45) is 5.73 Å². The molecule has 0 bridgehead atoms. The number of hydrogen-bond donors (Lipinski definition) is 2. The maximum atomic E-state index is 13.5. The van der Waals surface area contributed by atoms with Crippen molar-refractivity contribution in [3.05, 3.63) is 35.6 Å². The number of benzene rings is 1. The van der Waals surface area contributed by atoms with Crippen LogP contribution in [-0.2, 0) is 9.53 Å². The smallest absolute Gasteiger partial charge is 0.241 e. The maximum absolute atomic E-state index is 13.5. The highest BCUT2D eigenvalue weighted by molar-refractivity contribution is 5.83. The lowest BCUT2D eigenvalue weighted by atomic mass is 10.0. The van der Waals surface area contributed by atoms with E-state index in [9.17, 15) is 9.18 Å². The molecule has 0 spiro atoms. The number of hydrogen-bond acceptors (Lipinski definition) is 4. The molecule has 1 amide bonds. The van der Waals surface area contributed by atoms with Crippen molar-refractivity contribution >= 4 is 5.91 Å². The van der Waals surface area contributed by atoms with Crippen molar-refractivity contribution in [3.63, 3.8) is 0 Å². The van der Waals surface area contributed by atoms with Crippen molar-refractivity contribution in [1.82, 2.24) is 10.2 Å². The van der Waals surface area contributed by atoms with Gasteiger partial charge in [-0.3, -0.25) is 9.69 Å². The van der Waals surface area contributed by atoms with E-state index in [0.29, 0.717) is 45.0 Å². The molecule has 1 saturated heterocycles. The van der Waals surface area contributed by atoms with Gasteiger partial charge < -0.3 is 15.8 Å². The summed E-state index contributed by atoms with van der Waals surface area (Å²) >= 11 is 0. The average molecular weight is 309 g/mol. The average Bonchev–Trinajstić information content (AvgIpc) is 2.53. The Morgan fingerprint density at radius 3 is 2.82 bits per heavy atom. The van der Waals surface area contributed by atoms with Crippen molar-refractivity contribution in [3.8, 4) is 0 Å². The molecule has 0 saturated carbocycles. The van der Waals surface area contributed by atoms with Crippen LogP contribution in [0, 0.1) is 5.82 Å². The molecule has 0 aliphatic carbocycles. The number of unbranched alkanes of at least 4 members (excludes halogenated alkanes) is 1. The standard InChI is InChI=1S/C16H24FN3O2/c17-14-5-3-4-13(12-14)15(20-8-10-22-11-9-20)16(21)19-7-2-1-6-18/h3-5,12,15H,1-2,6-11,18H2,(H,19,21). The van der Waals surface area contributed by atoms with E-state index in [-0.39, 0.29) is 11.7 Å². The van der Waals surface area contributed by atoms with E-state index in [2.05, 4.69) is 5.32 Å². The maximum Gasteiger partial charge on any atom is 0.241 e. The molecular formula is C16H24FN3O2. The zero-order chi connectivity index (χ0) is 15.8. The van der Waals surface area contributed by atoms with E-state index in [4.69, 9.17) is 10.5 Å². The SMILES string of the molecule is NCCCCNC(=O)C(c1cccc(F)c1)N1CCOCC1. The summed E-state index contributed by atoms with van der Waals surface area (Å²) in [4.78, 5) is 14.6. The molecule has 6 heteroatoms. The summed E-state index contributed by atoms with van der Waals surface area (Å²) in [5.41, 5.74) is 6.13. The van der Waals surface area contributed by atoms with Crippen LogP contribution in [-0.4, -0.2) is 50.2 Å². The monoisotopic (exact) mass is 309 g/mol. The largest absolute Gasteiger partial charge is 0.379 e. The van der Waals surface area contributed by atoms with Gasteiger partial charge in [0.1, 0.15) is 11.9 Å². The molecule has 3 N–H and O–H groups in total. The van der Waals surface area contributed by atoms with Gasteiger partial charge in [0, 0.05) is 19.6 Å². The topological polar surface area (TPSA) is 67.6 Å². The molecule has 1 unspecified atom stereocenters. The molecular weight excluding hydrogens is 285 g/mol. The third-order valence-electron chi connectivity index (χ3n) is 3.75. The Balaban J connectivity index is 2.08. The van der Waals surface area contributed by atoms with E-state index < -0.39 is 6.04 Å². The molecule has 1 fully saturated rings. The van der Waals surface area contributed by atoms with Gasteiger partial charge >= 0.3 is 0 Å². The lowest BCUT2D eigenvalue weighted by Gasteiger charge is -2.33. The molecule has 1 aromatic rings. The zero-order valence-corrected chi connectivity index (χ0v) is 12.8. The van der Waals surface area contributed by atoms with Gasteiger partial charge in [-0.05, 0) is 37.1 Å². The number of nitrogens with two attached hydrogens (primary N) is 1. The Morgan fingerprint density at radius 1 is 1.36 bits per heavy atom. The Kier molecular flexibility index (Phi) is 6.76. The van der Waals surface area contributed by atoms with Gasteiger partial charge in [-0.25, -0.2) is 4.39 Å². The predicted molar refractivity (Wildman–Crippen MR) is 82.8 cm³/mol. The first kappa shape index (κ1) is 16.9. The lowest BCUT2D eigenvalue weighted by Crippen LogP contribution is -2.46. The molecule has 1 aliphatic heterocycles. The van der Waals surface area contributed by atoms with Crippen LogP contribution in [0.25, 0.3) is 0 Å². The second kappa shape index (κ2) is 8.82. The molecule has 1 aromatic carbocycles. The van der Waals surface area contributed by atoms with Crippen molar-refractivity contribution in [2.75, 3.05) is 39.4 Å². The third kappa shape index (κ3) is 4.76. The summed E-state index contributed by atoms with van der Waals surface area (Å²) in [5.74, 6) is -0.420. The fraction of sp³-hybridized carbons (Fsp3) is 0.562. The number of nitrogens with one attached hydrogen (secondary N) is 1. The molecule has 1 heterocycles. The van der Waals surface area contributed by atoms with E-state index >= 15 is 0 Å². The van der Waals surface area contributed by atoms with Gasteiger partial charge in [-0.15, -0.1) is 0 Å². The van der Waals surface area contributed by atoms with E-state index in [1.54, 1.807) is 12.1 Å². The van der Waals surface area contributed by atoms with Crippen LogP contribution >= 0.6 is 0 Å². The van der Waals surface area contributed by atoms with Gasteiger partial charge in [-0.2, -0.15) is 0 Å². The van der Waals surface area contributed by atoms with Gasteiger partial charge in [0.15, 0.2) is 0 Å². The summed E-state index contributed by atoms with van der Waals surface area (Å²) in [7, 11) is 0. The summed E-state index contributed by atoms with van der Waals surface area (Å²) in [6.45, 7) is 3.71. The summed E-state index contributed by atoms with van der Waals surface area (Å²) in [6, 6.07) is 5.78. The first-order valence-electron chi connectivity index (χ1n) is 7.77. The second-order valence-corrected chi connectivity index (χ2v) is 5.39. The highest BCUT2D eigenvalue weighted by atomic mass is 19.1. The first-order valence-corrected chi connectivity index (χ1v) is 7.77. The van der Waals surface area contributed by atoms with Crippen LogP contribution in [0.5, 0.6) is 0 Å². The molecule has 2 rings (SSSR count). The number of rotatable bonds is 7. The van der Waals surface area contributed by atoms with E-state index in [1.165, 1.54) is 12.1 Å². The molecule has 0 radical (unpaired) electrons. The number of ether oxygens (including phenoxy) is 1. The number of nitrogens with zero attached hydrogens (tertiary/aromatic N) is 1. The normalized spacial score (nSPS) is 17.2. The minimum absolute atomic E-state index is 0.0930. The Bertz CT molecular complexity index is 478. The van der Waals surface area contributed by atoms with Crippen LogP contribution in [0.3, 0.4) is 0 Å². The zero-order valence-electron chi connectivity index (χ0n) is 12.8. The Morgan fingerprint density at radius 2 is 2.14 bits per heavy atom. The molecule has 22 heavy (non-hydrogen) atoms. The number of halogens is 1. The van der Waals surface area contributed by atoms with Crippen LogP contribution in [0.2, 0.25) is 0 Å². The fourth-order valence-corrected chi connectivity index (χ4v) is 2.62. The van der Waals surface area contributed by atoms with Crippen LogP contribution in [0.15, 0.2) is 24.3 Å². The number of carbonyl (C=O) groups is 1. The predicted octanol–water partition coefficient (Wildman–Crippen LogP) is 1.05. The molecule has 1 atom stereocenters. The quantitative estimate of drug-likeness (QED) is 0.739. The van der Waals surface area contributed by atoms with E-state index in [0.717, 1.165) is 12.8 Å². The van der Waals surface area contributed by atoms with Crippen molar-refractivity contribution in [1.29, 1.82) is 0 Å². The van der Waals surface area contributed by atoms with Crippen LogP contribution < -0.4 is 11.1 Å². The molecule has 5 nitrogen and oxygen atoms in total. The summed E-state index contributed by atoms with van der Waals surface area (Å²) in [5, 5.41) is 2.93. The number of amides is 1. The minimum Gasteiger partial charge on any atom is -0.379 e. The molecule has 1 aliphatic rings. The molecule has 0 aromatic heterocycles. The van der Waals surface area contributed by atoms with Crippen molar-refractivity contribution < 1.29 is 13.9 Å². The number of carbonyl (C=O) groups excluding carboxylic acids is 1. The minimum atomic E-state index is -0.475. The van der Waals surface area contributed by atoms with Crippen LogP contribution in [0.4, 0.5) is 4.39 Å². The number of morpholine rings is 1. The third-order valence-corrected chi connectivity index (χ3v) is 3.75. The first-order chi connectivity index (χ1) is 10.7.